The summed E-state index contributed by atoms with van der Waals surface area (Å²) >= 11 is 0. The van der Waals surface area contributed by atoms with Crippen molar-refractivity contribution in [1.29, 1.82) is 0 Å². The third-order valence-corrected chi connectivity index (χ3v) is 3.59. The maximum absolute atomic E-state index is 11.3. The summed E-state index contributed by atoms with van der Waals surface area (Å²) in [7, 11) is 0. The molecule has 0 heterocycles. The van der Waals surface area contributed by atoms with Gasteiger partial charge in [-0.3, -0.25) is 0 Å². The Balaban J connectivity index is 2.65. The highest BCUT2D eigenvalue weighted by Gasteiger charge is 2.40. The van der Waals surface area contributed by atoms with Crippen LogP contribution in [0.3, 0.4) is 0 Å². The Morgan fingerprint density at radius 2 is 2.19 bits per heavy atom. The van der Waals surface area contributed by atoms with Gasteiger partial charge in [0, 0.05) is 0 Å². The zero-order chi connectivity index (χ0) is 12.0. The molecule has 1 fully saturated rings. The number of hydrogen-bond donors (Lipinski definition) is 2. The number of hydrogen-bond acceptors (Lipinski definition) is 3. The van der Waals surface area contributed by atoms with Gasteiger partial charge in [-0.15, -0.1) is 0 Å². The van der Waals surface area contributed by atoms with Crippen molar-refractivity contribution in [2.75, 3.05) is 13.2 Å². The van der Waals surface area contributed by atoms with Gasteiger partial charge in [0.15, 0.2) is 5.60 Å². The van der Waals surface area contributed by atoms with Crippen molar-refractivity contribution in [3.05, 3.63) is 0 Å². The minimum absolute atomic E-state index is 0.114. The lowest BCUT2D eigenvalue weighted by atomic mass is 9.92. The van der Waals surface area contributed by atoms with Gasteiger partial charge in [0.1, 0.15) is 0 Å². The lowest BCUT2D eigenvalue weighted by molar-refractivity contribution is -0.169. The van der Waals surface area contributed by atoms with E-state index in [0.717, 1.165) is 25.7 Å². The Hall–Kier alpha value is -0.610. The molecule has 4 nitrogen and oxygen atoms in total. The van der Waals surface area contributed by atoms with E-state index in [-0.39, 0.29) is 13.2 Å². The van der Waals surface area contributed by atoms with E-state index in [1.54, 1.807) is 0 Å². The van der Waals surface area contributed by atoms with Crippen molar-refractivity contribution in [2.45, 2.75) is 51.0 Å². The average molecular weight is 230 g/mol. The first kappa shape index (κ1) is 13.5. The van der Waals surface area contributed by atoms with Crippen LogP contribution in [0.1, 0.15) is 45.4 Å². The number of carbonyl (C=O) groups is 1. The maximum Gasteiger partial charge on any atom is 0.335 e. The largest absolute Gasteiger partial charge is 0.479 e. The molecule has 1 aliphatic rings. The molecule has 0 aromatic carbocycles. The Bertz CT molecular complexity index is 229. The van der Waals surface area contributed by atoms with Gasteiger partial charge < -0.3 is 14.9 Å². The second-order valence-corrected chi connectivity index (χ2v) is 4.58. The second-order valence-electron chi connectivity index (χ2n) is 4.58. The number of carboxylic acids is 1. The maximum atomic E-state index is 11.3. The van der Waals surface area contributed by atoms with E-state index in [1.165, 1.54) is 0 Å². The molecule has 1 rings (SSSR count). The van der Waals surface area contributed by atoms with Crippen LogP contribution in [0.4, 0.5) is 0 Å². The molecule has 0 radical (unpaired) electrons. The summed E-state index contributed by atoms with van der Waals surface area (Å²) < 4.78 is 5.40. The van der Waals surface area contributed by atoms with Crippen molar-refractivity contribution >= 4 is 5.97 Å². The summed E-state index contributed by atoms with van der Waals surface area (Å²) in [5.74, 6) is -0.253. The molecule has 0 aromatic rings. The molecule has 0 bridgehead atoms. The van der Waals surface area contributed by atoms with Gasteiger partial charge in [0.25, 0.3) is 0 Å². The fourth-order valence-corrected chi connectivity index (χ4v) is 2.45. The minimum Gasteiger partial charge on any atom is -0.479 e. The van der Waals surface area contributed by atoms with Crippen molar-refractivity contribution in [2.24, 2.45) is 5.92 Å². The SMILES string of the molecule is CCC1CCCC(OCCO)(C(=O)O)CC1. The fraction of sp³-hybridized carbons (Fsp3) is 0.917. The Labute approximate surface area is 96.6 Å². The minimum atomic E-state index is -1.05. The van der Waals surface area contributed by atoms with E-state index in [9.17, 15) is 9.90 Å². The molecule has 1 saturated carbocycles. The summed E-state index contributed by atoms with van der Waals surface area (Å²) in [6.45, 7) is 2.14. The molecule has 2 N–H and O–H groups in total. The van der Waals surface area contributed by atoms with E-state index in [4.69, 9.17) is 9.84 Å². The fourth-order valence-electron chi connectivity index (χ4n) is 2.45. The van der Waals surface area contributed by atoms with Gasteiger partial charge >= 0.3 is 5.97 Å². The molecule has 0 amide bonds. The van der Waals surface area contributed by atoms with Gasteiger partial charge in [0.2, 0.25) is 0 Å². The number of aliphatic hydroxyl groups is 1. The van der Waals surface area contributed by atoms with E-state index in [2.05, 4.69) is 6.92 Å². The van der Waals surface area contributed by atoms with Crippen LogP contribution in [0.5, 0.6) is 0 Å². The topological polar surface area (TPSA) is 66.8 Å². The van der Waals surface area contributed by atoms with Crippen LogP contribution in [-0.2, 0) is 9.53 Å². The third kappa shape index (κ3) is 3.19. The number of rotatable bonds is 5. The molecule has 94 valence electrons. The summed E-state index contributed by atoms with van der Waals surface area (Å²) in [5.41, 5.74) is -1.05. The summed E-state index contributed by atoms with van der Waals surface area (Å²) in [6, 6.07) is 0. The molecule has 16 heavy (non-hydrogen) atoms. The highest BCUT2D eigenvalue weighted by atomic mass is 16.5. The van der Waals surface area contributed by atoms with Gasteiger partial charge in [-0.2, -0.15) is 0 Å². The lowest BCUT2D eigenvalue weighted by Gasteiger charge is -2.28. The van der Waals surface area contributed by atoms with Gasteiger partial charge in [0.05, 0.1) is 13.2 Å². The number of ether oxygens (including phenoxy) is 1. The normalized spacial score (nSPS) is 31.0. The lowest BCUT2D eigenvalue weighted by Crippen LogP contribution is -2.42. The van der Waals surface area contributed by atoms with E-state index >= 15 is 0 Å². The van der Waals surface area contributed by atoms with Crippen LogP contribution >= 0.6 is 0 Å². The third-order valence-electron chi connectivity index (χ3n) is 3.59. The number of aliphatic hydroxyl groups excluding tert-OH is 1. The van der Waals surface area contributed by atoms with Crippen LogP contribution in [0, 0.1) is 5.92 Å². The predicted molar refractivity (Wildman–Crippen MR) is 60.3 cm³/mol. The highest BCUT2D eigenvalue weighted by molar-refractivity contribution is 5.77. The molecule has 0 saturated heterocycles. The first-order chi connectivity index (χ1) is 7.64. The molecule has 0 aromatic heterocycles. The summed E-state index contributed by atoms with van der Waals surface area (Å²) in [6.07, 6.45) is 5.15. The molecule has 2 unspecified atom stereocenters. The van der Waals surface area contributed by atoms with Crippen LogP contribution in [-0.4, -0.2) is 35.0 Å². The molecule has 0 spiro atoms. The Morgan fingerprint density at radius 1 is 1.44 bits per heavy atom. The van der Waals surface area contributed by atoms with Crippen molar-refractivity contribution in [3.63, 3.8) is 0 Å². The van der Waals surface area contributed by atoms with Crippen molar-refractivity contribution in [1.82, 2.24) is 0 Å². The van der Waals surface area contributed by atoms with E-state index in [0.29, 0.717) is 18.8 Å². The van der Waals surface area contributed by atoms with E-state index in [1.807, 2.05) is 0 Å². The summed E-state index contributed by atoms with van der Waals surface area (Å²) in [4.78, 5) is 11.3. The summed E-state index contributed by atoms with van der Waals surface area (Å²) in [5, 5.41) is 18.0. The van der Waals surface area contributed by atoms with Gasteiger partial charge in [-0.05, 0) is 31.6 Å². The zero-order valence-electron chi connectivity index (χ0n) is 9.95. The first-order valence-electron chi connectivity index (χ1n) is 6.13. The van der Waals surface area contributed by atoms with Crippen LogP contribution in [0.2, 0.25) is 0 Å². The zero-order valence-corrected chi connectivity index (χ0v) is 9.95. The smallest absolute Gasteiger partial charge is 0.335 e. The molecule has 2 atom stereocenters. The molecule has 1 aliphatic carbocycles. The van der Waals surface area contributed by atoms with Crippen molar-refractivity contribution in [3.8, 4) is 0 Å². The first-order valence-corrected chi connectivity index (χ1v) is 6.13. The standard InChI is InChI=1S/C12H22O4/c1-2-10-4-3-6-12(7-5-10,11(14)15)16-9-8-13/h10,13H,2-9H2,1H3,(H,14,15). The molecular formula is C12H22O4. The van der Waals surface area contributed by atoms with Crippen LogP contribution in [0.15, 0.2) is 0 Å². The highest BCUT2D eigenvalue weighted by Crippen LogP contribution is 2.34. The van der Waals surface area contributed by atoms with E-state index < -0.39 is 11.6 Å². The van der Waals surface area contributed by atoms with Crippen LogP contribution < -0.4 is 0 Å². The monoisotopic (exact) mass is 230 g/mol. The number of aliphatic carboxylic acids is 1. The van der Waals surface area contributed by atoms with Crippen molar-refractivity contribution < 1.29 is 19.7 Å². The number of carboxylic acid groups (broad SMARTS) is 1. The van der Waals surface area contributed by atoms with Gasteiger partial charge in [-0.1, -0.05) is 19.8 Å². The van der Waals surface area contributed by atoms with Gasteiger partial charge in [-0.25, -0.2) is 4.79 Å². The molecular weight excluding hydrogens is 208 g/mol. The molecule has 0 aliphatic heterocycles. The Morgan fingerprint density at radius 3 is 2.75 bits per heavy atom. The molecule has 4 heteroatoms. The quantitative estimate of drug-likeness (QED) is 0.707. The second kappa shape index (κ2) is 6.21. The predicted octanol–water partition coefficient (Wildman–Crippen LogP) is 1.81. The average Bonchev–Trinajstić information content (AvgIpc) is 2.49. The van der Waals surface area contributed by atoms with Crippen LogP contribution in [0.25, 0.3) is 0 Å². The Kier molecular flexibility index (Phi) is 5.22.